The largest absolute Gasteiger partial charge is 0.493 e. The van der Waals surface area contributed by atoms with Crippen molar-refractivity contribution in [3.05, 3.63) is 56.2 Å². The van der Waals surface area contributed by atoms with E-state index < -0.39 is 11.8 Å². The molecule has 6 rings (SSSR count). The van der Waals surface area contributed by atoms with E-state index >= 15 is 0 Å². The highest BCUT2D eigenvalue weighted by Gasteiger charge is 2.25. The van der Waals surface area contributed by atoms with Gasteiger partial charge in [0.05, 0.1) is 33.8 Å². The summed E-state index contributed by atoms with van der Waals surface area (Å²) in [5.41, 5.74) is 1.54. The summed E-state index contributed by atoms with van der Waals surface area (Å²) in [6, 6.07) is 5.77. The second-order valence-electron chi connectivity index (χ2n) is 8.89. The monoisotopic (exact) mass is 493 g/mol. The van der Waals surface area contributed by atoms with Crippen molar-refractivity contribution in [1.29, 1.82) is 0 Å². The Morgan fingerprint density at radius 1 is 1.26 bits per heavy atom. The fourth-order valence-electron chi connectivity index (χ4n) is 4.21. The average Bonchev–Trinajstić information content (AvgIpc) is 3.22. The molecular formula is C23H23N7O4S. The molecule has 35 heavy (non-hydrogen) atoms. The number of nitrogens with zero attached hydrogens (tertiary/aromatic N) is 5. The summed E-state index contributed by atoms with van der Waals surface area (Å²) in [7, 11) is 0. The second kappa shape index (κ2) is 8.47. The molecule has 1 saturated carbocycles. The fraction of sp³-hybridized carbons (Fsp3) is 0.348. The molecule has 1 amide bonds. The van der Waals surface area contributed by atoms with E-state index in [9.17, 15) is 19.8 Å². The molecule has 180 valence electrons. The molecule has 0 radical (unpaired) electrons. The van der Waals surface area contributed by atoms with Gasteiger partial charge in [-0.1, -0.05) is 0 Å². The molecular weight excluding hydrogens is 470 g/mol. The molecule has 1 unspecified atom stereocenters. The zero-order valence-corrected chi connectivity index (χ0v) is 19.5. The number of likely N-dealkylation sites (tertiary alicyclic amines) is 1. The number of amides is 1. The number of fused-ring (bicyclic) bond motifs is 1. The molecule has 1 aliphatic carbocycles. The van der Waals surface area contributed by atoms with E-state index in [1.54, 1.807) is 27.8 Å². The number of aliphatic hydroxyl groups is 1. The number of hydrogen-bond donors (Lipinski definition) is 4. The summed E-state index contributed by atoms with van der Waals surface area (Å²) < 4.78 is 1.64. The predicted octanol–water partition coefficient (Wildman–Crippen LogP) is 0.387. The Bertz CT molecular complexity index is 1610. The molecule has 2 fully saturated rings. The minimum absolute atomic E-state index is 0.0887. The maximum absolute atomic E-state index is 13.0. The minimum Gasteiger partial charge on any atom is -0.493 e. The molecule has 4 N–H and O–H groups in total. The Hall–Kier alpha value is -3.77. The highest BCUT2D eigenvalue weighted by atomic mass is 32.1. The van der Waals surface area contributed by atoms with Gasteiger partial charge in [0.15, 0.2) is 11.1 Å². The maximum atomic E-state index is 13.0. The number of H-pyrrole nitrogens is 2. The van der Waals surface area contributed by atoms with E-state index in [1.165, 1.54) is 11.3 Å². The Kier molecular flexibility index (Phi) is 5.26. The Morgan fingerprint density at radius 3 is 2.86 bits per heavy atom. The number of aliphatic hydroxyl groups excluding tert-OH is 1. The first kappa shape index (κ1) is 21.7. The third-order valence-electron chi connectivity index (χ3n) is 6.13. The fourth-order valence-corrected chi connectivity index (χ4v) is 5.14. The summed E-state index contributed by atoms with van der Waals surface area (Å²) in [5.74, 6) is -0.355. The summed E-state index contributed by atoms with van der Waals surface area (Å²) in [6.07, 6.45) is 6.28. The SMILES string of the molecule is O=C(c1ccc(-c2cc(=NC3CC3)n3ncc(=Cc4[nH]c(=O)[nH]c4O)c3n2)s1)N1CCCC(O)C1. The van der Waals surface area contributed by atoms with Crippen LogP contribution in [0.2, 0.25) is 0 Å². The predicted molar refractivity (Wildman–Crippen MR) is 128 cm³/mol. The van der Waals surface area contributed by atoms with Gasteiger partial charge in [0, 0.05) is 24.4 Å². The highest BCUT2D eigenvalue weighted by Crippen LogP contribution is 2.28. The lowest BCUT2D eigenvalue weighted by Gasteiger charge is -2.29. The van der Waals surface area contributed by atoms with Crippen LogP contribution < -0.4 is 16.4 Å². The third kappa shape index (κ3) is 4.26. The van der Waals surface area contributed by atoms with Crippen molar-refractivity contribution >= 4 is 29.0 Å². The highest BCUT2D eigenvalue weighted by molar-refractivity contribution is 7.17. The molecule has 11 nitrogen and oxygen atoms in total. The van der Waals surface area contributed by atoms with Gasteiger partial charge in [-0.25, -0.2) is 9.78 Å². The van der Waals surface area contributed by atoms with E-state index in [-0.39, 0.29) is 23.5 Å². The zero-order chi connectivity index (χ0) is 24.1. The number of aromatic nitrogens is 5. The molecule has 12 heteroatoms. The van der Waals surface area contributed by atoms with Gasteiger partial charge in [0.25, 0.3) is 5.91 Å². The number of imidazole rings is 1. The van der Waals surface area contributed by atoms with Gasteiger partial charge in [-0.3, -0.25) is 14.8 Å². The van der Waals surface area contributed by atoms with E-state index in [0.717, 1.165) is 30.6 Å². The van der Waals surface area contributed by atoms with Crippen molar-refractivity contribution < 1.29 is 15.0 Å². The van der Waals surface area contributed by atoms with E-state index in [1.807, 2.05) is 12.1 Å². The van der Waals surface area contributed by atoms with Crippen LogP contribution in [0.4, 0.5) is 0 Å². The van der Waals surface area contributed by atoms with Crippen molar-refractivity contribution in [3.8, 4) is 16.5 Å². The number of carbonyl (C=O) groups is 1. The number of carbonyl (C=O) groups excluding carboxylic acids is 1. The molecule has 4 aromatic heterocycles. The van der Waals surface area contributed by atoms with Crippen molar-refractivity contribution in [1.82, 2.24) is 29.5 Å². The quantitative estimate of drug-likeness (QED) is 0.323. The number of nitrogens with one attached hydrogen (secondary N) is 2. The van der Waals surface area contributed by atoms with Crippen molar-refractivity contribution in [2.75, 3.05) is 13.1 Å². The van der Waals surface area contributed by atoms with Crippen molar-refractivity contribution in [2.24, 2.45) is 4.99 Å². The molecule has 2 aliphatic rings. The zero-order valence-electron chi connectivity index (χ0n) is 18.6. The first-order chi connectivity index (χ1) is 16.9. The van der Waals surface area contributed by atoms with E-state index in [0.29, 0.717) is 40.0 Å². The number of aromatic hydroxyl groups is 1. The number of rotatable bonds is 4. The molecule has 1 aliphatic heterocycles. The van der Waals surface area contributed by atoms with Gasteiger partial charge in [-0.2, -0.15) is 9.61 Å². The van der Waals surface area contributed by atoms with Crippen LogP contribution in [-0.2, 0) is 0 Å². The molecule has 0 bridgehead atoms. The van der Waals surface area contributed by atoms with Crippen LogP contribution in [0.15, 0.2) is 34.2 Å². The summed E-state index contributed by atoms with van der Waals surface area (Å²) >= 11 is 1.35. The third-order valence-corrected chi connectivity index (χ3v) is 7.23. The standard InChI is InChI=1S/C23H23N7O4S/c31-14-2-1-7-29(11-14)22(33)18-6-5-17(35-18)15-9-19(25-13-3-4-13)30-20(26-15)12(10-24-30)8-16-21(32)28-23(34)27-16/h5-6,8-10,13-14,31-32H,1-4,7,11H2,(H2,27,28,34). The molecule has 0 aromatic carbocycles. The number of piperidine rings is 1. The van der Waals surface area contributed by atoms with E-state index in [4.69, 9.17) is 9.98 Å². The van der Waals surface area contributed by atoms with Gasteiger partial charge < -0.3 is 20.1 Å². The van der Waals surface area contributed by atoms with Crippen LogP contribution in [0, 0.1) is 0 Å². The van der Waals surface area contributed by atoms with Crippen LogP contribution >= 0.6 is 11.3 Å². The minimum atomic E-state index is -0.514. The molecule has 1 saturated heterocycles. The van der Waals surface area contributed by atoms with Crippen LogP contribution in [0.25, 0.3) is 22.3 Å². The topological polar surface area (TPSA) is 152 Å². The van der Waals surface area contributed by atoms with Gasteiger partial charge in [-0.05, 0) is 43.9 Å². The Labute approximate surface area is 202 Å². The Morgan fingerprint density at radius 2 is 2.11 bits per heavy atom. The van der Waals surface area contributed by atoms with Gasteiger partial charge in [-0.15, -0.1) is 11.3 Å². The number of aromatic amines is 2. The van der Waals surface area contributed by atoms with Crippen LogP contribution in [0.1, 0.15) is 41.0 Å². The molecule has 4 aromatic rings. The van der Waals surface area contributed by atoms with Gasteiger partial charge in [0.1, 0.15) is 5.69 Å². The van der Waals surface area contributed by atoms with Crippen LogP contribution in [0.5, 0.6) is 5.88 Å². The first-order valence-corrected chi connectivity index (χ1v) is 12.3. The van der Waals surface area contributed by atoms with Gasteiger partial charge in [0.2, 0.25) is 5.88 Å². The summed E-state index contributed by atoms with van der Waals surface area (Å²) in [5, 5.41) is 24.9. The van der Waals surface area contributed by atoms with Crippen molar-refractivity contribution in [2.45, 2.75) is 37.8 Å². The lowest BCUT2D eigenvalue weighted by molar-refractivity contribution is 0.0478. The lowest BCUT2D eigenvalue weighted by atomic mass is 10.1. The van der Waals surface area contributed by atoms with Crippen molar-refractivity contribution in [3.63, 3.8) is 0 Å². The van der Waals surface area contributed by atoms with Crippen LogP contribution in [0.3, 0.4) is 0 Å². The van der Waals surface area contributed by atoms with E-state index in [2.05, 4.69) is 15.1 Å². The van der Waals surface area contributed by atoms with Gasteiger partial charge >= 0.3 is 5.69 Å². The number of hydrogen-bond acceptors (Lipinski definition) is 8. The Balaban J connectivity index is 1.44. The summed E-state index contributed by atoms with van der Waals surface area (Å²) in [4.78, 5) is 42.0. The number of thiophene rings is 1. The van der Waals surface area contributed by atoms with Crippen LogP contribution in [-0.4, -0.2) is 70.8 Å². The molecule has 0 spiro atoms. The maximum Gasteiger partial charge on any atom is 0.326 e. The smallest absolute Gasteiger partial charge is 0.326 e. The molecule has 5 heterocycles. The summed E-state index contributed by atoms with van der Waals surface area (Å²) in [6.45, 7) is 0.991. The normalized spacial score (nSPS) is 19.7. The lowest BCUT2D eigenvalue weighted by Crippen LogP contribution is -2.41. The average molecular weight is 494 g/mol. The number of β-amino-alcohol motifs (C(OH)–C–C–N with tert-alkyl or cyclic N) is 1. The first-order valence-electron chi connectivity index (χ1n) is 11.5. The molecule has 1 atom stereocenters. The second-order valence-corrected chi connectivity index (χ2v) is 9.98.